The fourth-order valence-electron chi connectivity index (χ4n) is 0.768. The van der Waals surface area contributed by atoms with Crippen molar-refractivity contribution in [1.29, 1.82) is 5.26 Å². The Hall–Kier alpha value is -1.50. The largest absolute Gasteiger partial charge is 0.240 e. The third kappa shape index (κ3) is 2.00. The van der Waals surface area contributed by atoms with Gasteiger partial charge in [0.25, 0.3) is 0 Å². The van der Waals surface area contributed by atoms with Gasteiger partial charge in [-0.3, -0.25) is 0 Å². The Morgan fingerprint density at radius 2 is 2.23 bits per heavy atom. The summed E-state index contributed by atoms with van der Waals surface area (Å²) in [5, 5.41) is 8.54. The van der Waals surface area contributed by atoms with Crippen LogP contribution in [-0.2, 0) is 4.79 Å². The van der Waals surface area contributed by atoms with Crippen LogP contribution in [0.25, 0.3) is 0 Å². The average Bonchev–Trinajstić information content (AvgIpc) is 2.11. The van der Waals surface area contributed by atoms with E-state index in [-0.39, 0.29) is 15.7 Å². The highest BCUT2D eigenvalue weighted by molar-refractivity contribution is 9.10. The Morgan fingerprint density at radius 3 is 2.77 bits per heavy atom. The molecule has 0 unspecified atom stereocenters. The topological polar surface area (TPSA) is 53.2 Å². The maximum atomic E-state index is 12.8. The molecular formula is C8H2BrFN2O. The number of rotatable bonds is 1. The van der Waals surface area contributed by atoms with Gasteiger partial charge in [0.1, 0.15) is 11.9 Å². The van der Waals surface area contributed by atoms with Crippen molar-refractivity contribution in [1.82, 2.24) is 0 Å². The zero-order valence-electron chi connectivity index (χ0n) is 6.21. The van der Waals surface area contributed by atoms with Gasteiger partial charge in [-0.15, -0.1) is 0 Å². The molecule has 5 heteroatoms. The minimum absolute atomic E-state index is 0.00375. The van der Waals surface area contributed by atoms with Gasteiger partial charge in [-0.05, 0) is 28.1 Å². The van der Waals surface area contributed by atoms with E-state index < -0.39 is 5.82 Å². The van der Waals surface area contributed by atoms with Crippen LogP contribution in [0.1, 0.15) is 5.56 Å². The maximum Gasteiger partial charge on any atom is 0.240 e. The summed E-state index contributed by atoms with van der Waals surface area (Å²) in [6, 6.07) is 3.96. The van der Waals surface area contributed by atoms with Gasteiger partial charge in [0.05, 0.1) is 15.7 Å². The summed E-state index contributed by atoms with van der Waals surface area (Å²) in [4.78, 5) is 13.2. The van der Waals surface area contributed by atoms with Crippen LogP contribution in [0.15, 0.2) is 21.6 Å². The second-order valence-corrected chi connectivity index (χ2v) is 2.95. The molecule has 0 aliphatic carbocycles. The number of hydrogen-bond donors (Lipinski definition) is 0. The Bertz CT molecular complexity index is 433. The van der Waals surface area contributed by atoms with Crippen molar-refractivity contribution in [3.05, 3.63) is 28.0 Å². The number of aliphatic imine (C=N–C) groups is 1. The molecule has 1 rings (SSSR count). The summed E-state index contributed by atoms with van der Waals surface area (Å²) in [6.45, 7) is 0. The number of isocyanates is 1. The van der Waals surface area contributed by atoms with Crippen LogP contribution >= 0.6 is 15.9 Å². The van der Waals surface area contributed by atoms with Crippen molar-refractivity contribution >= 4 is 27.7 Å². The fraction of sp³-hybridized carbons (Fsp3) is 0. The van der Waals surface area contributed by atoms with E-state index in [1.807, 2.05) is 0 Å². The Balaban J connectivity index is 3.43. The van der Waals surface area contributed by atoms with Crippen LogP contribution in [0.3, 0.4) is 0 Å². The highest BCUT2D eigenvalue weighted by atomic mass is 79.9. The van der Waals surface area contributed by atoms with Crippen molar-refractivity contribution in [3.8, 4) is 6.07 Å². The van der Waals surface area contributed by atoms with Crippen molar-refractivity contribution in [2.45, 2.75) is 0 Å². The number of carbonyl (C=O) groups excluding carboxylic acids is 1. The molecule has 0 saturated heterocycles. The molecule has 0 bridgehead atoms. The third-order valence-electron chi connectivity index (χ3n) is 1.33. The van der Waals surface area contributed by atoms with E-state index in [4.69, 9.17) is 5.26 Å². The number of nitrogens with zero attached hydrogens (tertiary/aromatic N) is 2. The lowest BCUT2D eigenvalue weighted by molar-refractivity contribution is 0.565. The Kier molecular flexibility index (Phi) is 2.91. The highest BCUT2D eigenvalue weighted by Gasteiger charge is 2.06. The van der Waals surface area contributed by atoms with E-state index >= 15 is 0 Å². The quantitative estimate of drug-likeness (QED) is 0.560. The number of nitriles is 1. The summed E-state index contributed by atoms with van der Waals surface area (Å²) in [5.41, 5.74) is 0.106. The van der Waals surface area contributed by atoms with E-state index in [9.17, 15) is 9.18 Å². The van der Waals surface area contributed by atoms with Crippen molar-refractivity contribution in [2.75, 3.05) is 0 Å². The van der Waals surface area contributed by atoms with Crippen molar-refractivity contribution in [2.24, 2.45) is 4.99 Å². The van der Waals surface area contributed by atoms with Gasteiger partial charge >= 0.3 is 0 Å². The Labute approximate surface area is 81.6 Å². The van der Waals surface area contributed by atoms with Crippen LogP contribution in [-0.4, -0.2) is 6.08 Å². The summed E-state index contributed by atoms with van der Waals surface area (Å²) < 4.78 is 13.0. The molecule has 0 N–H and O–H groups in total. The first-order chi connectivity index (χ1) is 6.19. The summed E-state index contributed by atoms with van der Waals surface area (Å²) in [7, 11) is 0. The number of hydrogen-bond acceptors (Lipinski definition) is 3. The van der Waals surface area contributed by atoms with Crippen molar-refractivity contribution in [3.63, 3.8) is 0 Å². The molecule has 0 aliphatic rings. The molecule has 0 fully saturated rings. The van der Waals surface area contributed by atoms with Crippen molar-refractivity contribution < 1.29 is 9.18 Å². The lowest BCUT2D eigenvalue weighted by atomic mass is 10.2. The van der Waals surface area contributed by atoms with Crippen LogP contribution in [0.4, 0.5) is 10.1 Å². The Morgan fingerprint density at radius 1 is 1.54 bits per heavy atom. The summed E-state index contributed by atoms with van der Waals surface area (Å²) >= 11 is 2.91. The SMILES string of the molecule is N#Cc1cc(F)c(Br)cc1N=C=O. The number of benzene rings is 1. The average molecular weight is 241 g/mol. The van der Waals surface area contributed by atoms with Gasteiger partial charge in [-0.2, -0.15) is 10.3 Å². The highest BCUT2D eigenvalue weighted by Crippen LogP contribution is 2.25. The first kappa shape index (κ1) is 9.59. The van der Waals surface area contributed by atoms with Gasteiger partial charge in [0.2, 0.25) is 6.08 Å². The van der Waals surface area contributed by atoms with E-state index in [1.165, 1.54) is 12.1 Å². The van der Waals surface area contributed by atoms with Crippen LogP contribution in [0.5, 0.6) is 0 Å². The van der Waals surface area contributed by atoms with E-state index in [2.05, 4.69) is 20.9 Å². The van der Waals surface area contributed by atoms with Gasteiger partial charge in [-0.1, -0.05) is 0 Å². The molecule has 3 nitrogen and oxygen atoms in total. The van der Waals surface area contributed by atoms with Gasteiger partial charge in [-0.25, -0.2) is 9.18 Å². The monoisotopic (exact) mass is 240 g/mol. The molecule has 0 spiro atoms. The molecule has 13 heavy (non-hydrogen) atoms. The molecule has 0 aromatic heterocycles. The van der Waals surface area contributed by atoms with Gasteiger partial charge in [0.15, 0.2) is 0 Å². The summed E-state index contributed by atoms with van der Waals surface area (Å²) in [5.74, 6) is -0.568. The van der Waals surface area contributed by atoms with E-state index in [0.717, 1.165) is 6.07 Å². The molecule has 0 radical (unpaired) electrons. The zero-order chi connectivity index (χ0) is 9.84. The standard InChI is InChI=1S/C8H2BrFN2O/c9-6-2-8(12-4-13)5(3-11)1-7(6)10/h1-2H. The smallest absolute Gasteiger partial charge is 0.211 e. The predicted molar refractivity (Wildman–Crippen MR) is 46.6 cm³/mol. The minimum atomic E-state index is -0.568. The minimum Gasteiger partial charge on any atom is -0.211 e. The molecule has 64 valence electrons. The second kappa shape index (κ2) is 3.94. The first-order valence-corrected chi connectivity index (χ1v) is 3.95. The van der Waals surface area contributed by atoms with Gasteiger partial charge < -0.3 is 0 Å². The molecule has 0 amide bonds. The fourth-order valence-corrected chi connectivity index (χ4v) is 1.10. The zero-order valence-corrected chi connectivity index (χ0v) is 7.80. The lowest BCUT2D eigenvalue weighted by Crippen LogP contribution is -1.82. The molecule has 1 aromatic rings. The molecule has 0 aliphatic heterocycles. The second-order valence-electron chi connectivity index (χ2n) is 2.10. The van der Waals surface area contributed by atoms with E-state index in [0.29, 0.717) is 0 Å². The maximum absolute atomic E-state index is 12.8. The normalized spacial score (nSPS) is 8.69. The van der Waals surface area contributed by atoms with Crippen LogP contribution in [0, 0.1) is 17.1 Å². The van der Waals surface area contributed by atoms with Crippen LogP contribution < -0.4 is 0 Å². The molecule has 1 aromatic carbocycles. The molecule has 0 saturated carbocycles. The molecular weight excluding hydrogens is 239 g/mol. The van der Waals surface area contributed by atoms with E-state index in [1.54, 1.807) is 6.07 Å². The lowest BCUT2D eigenvalue weighted by Gasteiger charge is -1.97. The van der Waals surface area contributed by atoms with Gasteiger partial charge in [0, 0.05) is 0 Å². The predicted octanol–water partition coefficient (Wildman–Crippen LogP) is 2.43. The summed E-state index contributed by atoms with van der Waals surface area (Å²) in [6.07, 6.45) is 1.29. The first-order valence-electron chi connectivity index (χ1n) is 3.16. The van der Waals surface area contributed by atoms with Crippen LogP contribution in [0.2, 0.25) is 0 Å². The third-order valence-corrected chi connectivity index (χ3v) is 1.93. The number of halogens is 2. The molecule has 0 heterocycles. The molecule has 0 atom stereocenters.